The van der Waals surface area contributed by atoms with Gasteiger partial charge in [-0.2, -0.15) is 0 Å². The highest BCUT2D eigenvalue weighted by molar-refractivity contribution is 7.81. The normalized spacial score (nSPS) is 15.3. The topological polar surface area (TPSA) is 40.5 Å². The Balaban J connectivity index is 1.76. The van der Waals surface area contributed by atoms with E-state index in [2.05, 4.69) is 89.6 Å². The SMILES string of the molecule is Cn1c(-c2ccccc2)cc2ccc(OC(C)(S)CC(C)(C)OC(=O)C(CC(C)(C)C)C(C)(C)C)cc21. The van der Waals surface area contributed by atoms with Crippen molar-refractivity contribution in [1.29, 1.82) is 0 Å². The number of nitrogens with zero attached hydrogens (tertiary/aromatic N) is 1. The summed E-state index contributed by atoms with van der Waals surface area (Å²) >= 11 is 4.85. The van der Waals surface area contributed by atoms with Gasteiger partial charge in [-0.15, -0.1) is 12.6 Å². The highest BCUT2D eigenvalue weighted by atomic mass is 32.1. The molecule has 0 bridgehead atoms. The van der Waals surface area contributed by atoms with Crippen molar-refractivity contribution < 1.29 is 14.3 Å². The highest BCUT2D eigenvalue weighted by Crippen LogP contribution is 2.39. The summed E-state index contributed by atoms with van der Waals surface area (Å²) < 4.78 is 14.7. The fraction of sp³-hybridized carbons (Fsp3) is 0.531. The van der Waals surface area contributed by atoms with E-state index in [0.717, 1.165) is 28.8 Å². The van der Waals surface area contributed by atoms with Crippen molar-refractivity contribution in [3.63, 3.8) is 0 Å². The molecule has 1 heterocycles. The van der Waals surface area contributed by atoms with Gasteiger partial charge >= 0.3 is 5.97 Å². The van der Waals surface area contributed by atoms with Crippen molar-refractivity contribution in [2.45, 2.75) is 85.7 Å². The molecule has 2 aromatic carbocycles. The van der Waals surface area contributed by atoms with Gasteiger partial charge in [0.15, 0.2) is 4.93 Å². The van der Waals surface area contributed by atoms with E-state index in [-0.39, 0.29) is 22.7 Å². The number of rotatable bonds is 8. The van der Waals surface area contributed by atoms with E-state index in [9.17, 15) is 4.79 Å². The van der Waals surface area contributed by atoms with Crippen LogP contribution in [0.3, 0.4) is 0 Å². The third-order valence-corrected chi connectivity index (χ3v) is 6.95. The van der Waals surface area contributed by atoms with E-state index in [4.69, 9.17) is 22.1 Å². The van der Waals surface area contributed by atoms with Crippen LogP contribution >= 0.6 is 12.6 Å². The van der Waals surface area contributed by atoms with Crippen LogP contribution in [-0.2, 0) is 16.6 Å². The average Bonchev–Trinajstić information content (AvgIpc) is 3.06. The van der Waals surface area contributed by atoms with Gasteiger partial charge in [0, 0.05) is 30.6 Å². The second-order valence-electron chi connectivity index (χ2n) is 13.5. The number of thiol groups is 1. The molecule has 0 saturated carbocycles. The van der Waals surface area contributed by atoms with Gasteiger partial charge in [0.2, 0.25) is 0 Å². The van der Waals surface area contributed by atoms with E-state index in [1.807, 2.05) is 39.0 Å². The molecule has 0 amide bonds. The second-order valence-corrected chi connectivity index (χ2v) is 14.4. The zero-order valence-electron chi connectivity index (χ0n) is 24.3. The van der Waals surface area contributed by atoms with Crippen molar-refractivity contribution >= 4 is 29.5 Å². The molecule has 5 heteroatoms. The fourth-order valence-electron chi connectivity index (χ4n) is 5.07. The van der Waals surface area contributed by atoms with Crippen LogP contribution in [0.25, 0.3) is 22.2 Å². The van der Waals surface area contributed by atoms with Gasteiger partial charge in [-0.25, -0.2) is 0 Å². The van der Waals surface area contributed by atoms with Gasteiger partial charge in [-0.1, -0.05) is 71.9 Å². The fourth-order valence-corrected chi connectivity index (χ4v) is 5.56. The standard InChI is InChI=1S/C32H45NO3S/c1-29(2,3)20-25(30(4,5)6)28(34)36-31(7,8)21-32(9,37)35-24-17-16-23-18-26(33(10)27(23)19-24)22-14-12-11-13-15-22/h11-19,25,37H,20-21H2,1-10H3. The number of benzene rings is 2. The van der Waals surface area contributed by atoms with Gasteiger partial charge in [0.05, 0.1) is 11.4 Å². The molecule has 2 unspecified atom stereocenters. The van der Waals surface area contributed by atoms with Crippen molar-refractivity contribution in [3.8, 4) is 17.0 Å². The molecule has 0 aliphatic carbocycles. The Morgan fingerprint density at radius 3 is 2.11 bits per heavy atom. The number of carbonyl (C=O) groups is 1. The zero-order chi connectivity index (χ0) is 27.8. The Morgan fingerprint density at radius 1 is 0.919 bits per heavy atom. The summed E-state index contributed by atoms with van der Waals surface area (Å²) in [4.78, 5) is 12.5. The number of fused-ring (bicyclic) bond motifs is 1. The lowest BCUT2D eigenvalue weighted by atomic mass is 9.72. The third-order valence-electron chi connectivity index (χ3n) is 6.70. The summed E-state index contributed by atoms with van der Waals surface area (Å²) in [6.07, 6.45) is 1.20. The maximum absolute atomic E-state index is 13.3. The first-order valence-corrected chi connectivity index (χ1v) is 13.6. The number of esters is 1. The highest BCUT2D eigenvalue weighted by Gasteiger charge is 2.40. The molecule has 37 heavy (non-hydrogen) atoms. The van der Waals surface area contributed by atoms with Crippen molar-refractivity contribution in [2.24, 2.45) is 23.8 Å². The number of ether oxygens (including phenoxy) is 2. The quantitative estimate of drug-likeness (QED) is 0.182. The molecule has 0 spiro atoms. The van der Waals surface area contributed by atoms with Crippen molar-refractivity contribution in [1.82, 2.24) is 4.57 Å². The summed E-state index contributed by atoms with van der Waals surface area (Å²) in [5.74, 6) is 0.376. The first kappa shape index (κ1) is 29.2. The molecular formula is C32H45NO3S. The monoisotopic (exact) mass is 523 g/mol. The summed E-state index contributed by atoms with van der Waals surface area (Å²) in [6.45, 7) is 18.6. The summed E-state index contributed by atoms with van der Waals surface area (Å²) in [5, 5.41) is 1.15. The minimum absolute atomic E-state index is 0.0260. The number of hydrogen-bond acceptors (Lipinski definition) is 4. The van der Waals surface area contributed by atoms with Crippen LogP contribution in [0.15, 0.2) is 54.6 Å². The third kappa shape index (κ3) is 7.80. The van der Waals surface area contributed by atoms with Gasteiger partial charge in [-0.3, -0.25) is 4.79 Å². The molecule has 0 fully saturated rings. The molecule has 202 valence electrons. The molecule has 3 aromatic rings. The second kappa shape index (κ2) is 10.4. The van der Waals surface area contributed by atoms with Crippen molar-refractivity contribution in [2.75, 3.05) is 0 Å². The molecule has 2 atom stereocenters. The zero-order valence-corrected chi connectivity index (χ0v) is 25.2. The molecule has 0 aliphatic heterocycles. The van der Waals surface area contributed by atoms with Gasteiger partial charge < -0.3 is 14.0 Å². The van der Waals surface area contributed by atoms with E-state index < -0.39 is 10.5 Å². The van der Waals surface area contributed by atoms with Crippen LogP contribution in [0.1, 0.15) is 75.2 Å². The van der Waals surface area contributed by atoms with E-state index >= 15 is 0 Å². The number of carbonyl (C=O) groups excluding carboxylic acids is 1. The van der Waals surface area contributed by atoms with Crippen LogP contribution in [0.5, 0.6) is 5.75 Å². The molecule has 0 aliphatic rings. The Morgan fingerprint density at radius 2 is 1.54 bits per heavy atom. The van der Waals surface area contributed by atoms with Gasteiger partial charge in [0.1, 0.15) is 11.4 Å². The van der Waals surface area contributed by atoms with Crippen LogP contribution in [0.4, 0.5) is 0 Å². The molecule has 0 N–H and O–H groups in total. The molecule has 1 aromatic heterocycles. The maximum Gasteiger partial charge on any atom is 0.310 e. The van der Waals surface area contributed by atoms with Crippen LogP contribution < -0.4 is 4.74 Å². The molecule has 4 nitrogen and oxygen atoms in total. The maximum atomic E-state index is 13.3. The molecule has 3 rings (SSSR count). The molecule has 0 saturated heterocycles. The first-order chi connectivity index (χ1) is 16.9. The van der Waals surface area contributed by atoms with Gasteiger partial charge in [0.25, 0.3) is 0 Å². The Kier molecular flexibility index (Phi) is 8.20. The lowest BCUT2D eigenvalue weighted by Gasteiger charge is -2.38. The Bertz CT molecular complexity index is 1230. The Labute approximate surface area is 229 Å². The van der Waals surface area contributed by atoms with E-state index in [0.29, 0.717) is 6.42 Å². The first-order valence-electron chi connectivity index (χ1n) is 13.2. The van der Waals surface area contributed by atoms with Crippen LogP contribution in [0, 0.1) is 16.7 Å². The minimum atomic E-state index is -0.841. The summed E-state index contributed by atoms with van der Waals surface area (Å²) in [7, 11) is 2.07. The number of aromatic nitrogens is 1. The minimum Gasteiger partial charge on any atom is -0.477 e. The summed E-state index contributed by atoms with van der Waals surface area (Å²) in [5.41, 5.74) is 2.50. The van der Waals surface area contributed by atoms with Gasteiger partial charge in [-0.05, 0) is 61.8 Å². The lowest BCUT2D eigenvalue weighted by Crippen LogP contribution is -2.42. The molecular weight excluding hydrogens is 478 g/mol. The largest absolute Gasteiger partial charge is 0.477 e. The predicted molar refractivity (Wildman–Crippen MR) is 158 cm³/mol. The van der Waals surface area contributed by atoms with E-state index in [1.54, 1.807) is 0 Å². The average molecular weight is 524 g/mol. The van der Waals surface area contributed by atoms with Crippen LogP contribution in [0.2, 0.25) is 0 Å². The summed E-state index contributed by atoms with van der Waals surface area (Å²) in [6, 6.07) is 18.7. The lowest BCUT2D eigenvalue weighted by molar-refractivity contribution is -0.169. The van der Waals surface area contributed by atoms with E-state index in [1.165, 1.54) is 5.56 Å². The Hall–Kier alpha value is -2.40. The predicted octanol–water partition coefficient (Wildman–Crippen LogP) is 8.68. The van der Waals surface area contributed by atoms with Crippen LogP contribution in [-0.4, -0.2) is 21.1 Å². The smallest absolute Gasteiger partial charge is 0.310 e. The number of aryl methyl sites for hydroxylation is 1. The number of hydrogen-bond donors (Lipinski definition) is 1. The molecule has 0 radical (unpaired) electrons. The van der Waals surface area contributed by atoms with Crippen molar-refractivity contribution in [3.05, 3.63) is 54.6 Å².